The van der Waals surface area contributed by atoms with Gasteiger partial charge in [0.1, 0.15) is 12.1 Å². The molecule has 0 spiro atoms. The summed E-state index contributed by atoms with van der Waals surface area (Å²) in [7, 11) is 10.4. The van der Waals surface area contributed by atoms with E-state index >= 15 is 0 Å². The molecular weight excluding hydrogens is 510 g/mol. The summed E-state index contributed by atoms with van der Waals surface area (Å²) in [5.74, 6) is 0.783. The fraction of sp³-hybridized carbons (Fsp3) is 0.407. The van der Waals surface area contributed by atoms with Crippen LogP contribution in [0.2, 0.25) is 0 Å². The zero-order valence-electron chi connectivity index (χ0n) is 22.9. The number of hydrogen-bond acceptors (Lipinski definition) is 11. The van der Waals surface area contributed by atoms with Gasteiger partial charge in [-0.25, -0.2) is 5.01 Å². The Hall–Kier alpha value is -4.16. The first kappa shape index (κ1) is 27.9. The minimum atomic E-state index is -1.18. The molecule has 1 saturated heterocycles. The van der Waals surface area contributed by atoms with Gasteiger partial charge in [0.15, 0.2) is 23.0 Å². The molecule has 1 fully saturated rings. The number of benzene rings is 2. The van der Waals surface area contributed by atoms with E-state index < -0.39 is 30.0 Å². The zero-order chi connectivity index (χ0) is 28.4. The van der Waals surface area contributed by atoms with Crippen LogP contribution in [0.4, 0.5) is 5.69 Å². The average molecular weight is 544 g/mol. The number of hydrazine groups is 1. The number of aliphatic hydroxyl groups is 1. The molecule has 2 aliphatic rings. The normalized spacial score (nSPS) is 21.3. The largest absolute Gasteiger partial charge is 0.493 e. The molecule has 2 N–H and O–H groups in total. The monoisotopic (exact) mass is 543 g/mol. The van der Waals surface area contributed by atoms with E-state index in [0.29, 0.717) is 45.7 Å². The van der Waals surface area contributed by atoms with Crippen molar-refractivity contribution >= 4 is 17.5 Å². The number of nitrogens with one attached hydrogen (secondary N) is 1. The molecule has 0 aliphatic carbocycles. The Morgan fingerprint density at radius 3 is 1.69 bits per heavy atom. The molecule has 210 valence electrons. The molecule has 0 aromatic heterocycles. The van der Waals surface area contributed by atoms with E-state index in [1.54, 1.807) is 41.4 Å². The predicted molar refractivity (Wildman–Crippen MR) is 141 cm³/mol. The standard InChI is InChI=1S/C27H33N3O9/c1-29-26(32)16-8-9-17(23(31)14-10-18(34-2)24(38-6)19(11-14)35-3)30(22(16)27(29)33)28-15-12-20(36-4)25(39-7)21(13-15)37-5/h8-13,16-17,22-23,28,31H,1-7H3. The summed E-state index contributed by atoms with van der Waals surface area (Å²) in [6.07, 6.45) is 2.18. The van der Waals surface area contributed by atoms with Gasteiger partial charge in [-0.2, -0.15) is 0 Å². The van der Waals surface area contributed by atoms with Crippen LogP contribution in [0.15, 0.2) is 36.4 Å². The number of nitrogens with zero attached hydrogens (tertiary/aromatic N) is 2. The van der Waals surface area contributed by atoms with E-state index in [2.05, 4.69) is 5.43 Å². The van der Waals surface area contributed by atoms with E-state index in [0.717, 1.165) is 4.90 Å². The number of aliphatic hydroxyl groups excluding tert-OH is 1. The van der Waals surface area contributed by atoms with Gasteiger partial charge in [0.25, 0.3) is 0 Å². The number of methoxy groups -OCH3 is 6. The number of ether oxygens (including phenoxy) is 6. The summed E-state index contributed by atoms with van der Waals surface area (Å²) in [6.45, 7) is 0. The smallest absolute Gasteiger partial charge is 0.249 e. The minimum Gasteiger partial charge on any atom is -0.493 e. The van der Waals surface area contributed by atoms with Crippen LogP contribution in [0.5, 0.6) is 34.5 Å². The summed E-state index contributed by atoms with van der Waals surface area (Å²) in [5, 5.41) is 13.2. The fourth-order valence-corrected chi connectivity index (χ4v) is 4.98. The van der Waals surface area contributed by atoms with Gasteiger partial charge in [-0.15, -0.1) is 0 Å². The molecule has 0 bridgehead atoms. The molecule has 2 aliphatic heterocycles. The molecule has 4 rings (SSSR count). The second kappa shape index (κ2) is 11.3. The van der Waals surface area contributed by atoms with E-state index in [1.807, 2.05) is 0 Å². The number of anilines is 1. The Morgan fingerprint density at radius 2 is 1.23 bits per heavy atom. The molecular formula is C27H33N3O9. The van der Waals surface area contributed by atoms with E-state index in [-0.39, 0.29) is 5.91 Å². The van der Waals surface area contributed by atoms with E-state index in [1.165, 1.54) is 49.7 Å². The van der Waals surface area contributed by atoms with Crippen molar-refractivity contribution in [1.82, 2.24) is 9.91 Å². The second-order valence-electron chi connectivity index (χ2n) is 8.92. The summed E-state index contributed by atoms with van der Waals surface area (Å²) in [5.41, 5.74) is 4.15. The van der Waals surface area contributed by atoms with E-state index in [4.69, 9.17) is 28.4 Å². The molecule has 4 atom stereocenters. The van der Waals surface area contributed by atoms with Crippen molar-refractivity contribution in [1.29, 1.82) is 0 Å². The highest BCUT2D eigenvalue weighted by Crippen LogP contribution is 2.44. The molecule has 0 radical (unpaired) electrons. The Labute approximate surface area is 226 Å². The van der Waals surface area contributed by atoms with Gasteiger partial charge >= 0.3 is 0 Å². The lowest BCUT2D eigenvalue weighted by molar-refractivity contribution is -0.138. The van der Waals surface area contributed by atoms with Crippen LogP contribution in [-0.2, 0) is 9.59 Å². The molecule has 0 saturated carbocycles. The number of carbonyl (C=O) groups excluding carboxylic acids is 2. The molecule has 2 heterocycles. The molecule has 39 heavy (non-hydrogen) atoms. The van der Waals surface area contributed by atoms with Crippen LogP contribution in [0.25, 0.3) is 0 Å². The summed E-state index contributed by atoms with van der Waals surface area (Å²) < 4.78 is 32.7. The summed E-state index contributed by atoms with van der Waals surface area (Å²) in [4.78, 5) is 27.2. The van der Waals surface area contributed by atoms with Crippen LogP contribution in [0, 0.1) is 5.92 Å². The van der Waals surface area contributed by atoms with Gasteiger partial charge in [-0.1, -0.05) is 12.2 Å². The van der Waals surface area contributed by atoms with Crippen molar-refractivity contribution in [2.45, 2.75) is 18.2 Å². The van der Waals surface area contributed by atoms with Crippen LogP contribution < -0.4 is 33.8 Å². The van der Waals surface area contributed by atoms with Gasteiger partial charge in [0, 0.05) is 19.2 Å². The minimum absolute atomic E-state index is 0.335. The number of likely N-dealkylation sites (tertiary alicyclic amines) is 1. The highest BCUT2D eigenvalue weighted by atomic mass is 16.5. The Balaban J connectivity index is 1.81. The predicted octanol–water partition coefficient (Wildman–Crippen LogP) is 2.02. The zero-order valence-corrected chi connectivity index (χ0v) is 22.9. The Bertz CT molecular complexity index is 1230. The molecule has 2 amide bonds. The fourth-order valence-electron chi connectivity index (χ4n) is 4.98. The topological polar surface area (TPSA) is 128 Å². The van der Waals surface area contributed by atoms with Gasteiger partial charge in [-0.3, -0.25) is 14.5 Å². The van der Waals surface area contributed by atoms with Crippen LogP contribution in [0.3, 0.4) is 0 Å². The summed E-state index contributed by atoms with van der Waals surface area (Å²) in [6, 6.07) is 4.89. The first-order chi connectivity index (χ1) is 18.7. The number of hydrogen-bond donors (Lipinski definition) is 2. The Kier molecular flexibility index (Phi) is 8.07. The van der Waals surface area contributed by atoms with Crippen LogP contribution >= 0.6 is 0 Å². The van der Waals surface area contributed by atoms with Crippen molar-refractivity contribution in [2.24, 2.45) is 5.92 Å². The number of amides is 2. The van der Waals surface area contributed by atoms with Gasteiger partial charge in [0.05, 0.1) is 60.3 Å². The maximum absolute atomic E-state index is 13.3. The first-order valence-corrected chi connectivity index (χ1v) is 12.1. The third-order valence-electron chi connectivity index (χ3n) is 6.95. The maximum Gasteiger partial charge on any atom is 0.249 e. The highest BCUT2D eigenvalue weighted by molar-refractivity contribution is 6.08. The number of rotatable bonds is 10. The van der Waals surface area contributed by atoms with Crippen molar-refractivity contribution in [3.63, 3.8) is 0 Å². The van der Waals surface area contributed by atoms with E-state index in [9.17, 15) is 14.7 Å². The van der Waals surface area contributed by atoms with Crippen LogP contribution in [0.1, 0.15) is 11.7 Å². The van der Waals surface area contributed by atoms with Crippen LogP contribution in [-0.4, -0.2) is 88.6 Å². The number of carbonyl (C=O) groups is 2. The molecule has 2 aromatic carbocycles. The van der Waals surface area contributed by atoms with Crippen molar-refractivity contribution in [3.8, 4) is 34.5 Å². The molecule has 4 unspecified atom stereocenters. The van der Waals surface area contributed by atoms with Gasteiger partial charge in [0.2, 0.25) is 23.3 Å². The number of likely N-dealkylation sites (N-methyl/N-ethyl adjacent to an activating group) is 1. The molecule has 12 heteroatoms. The lowest BCUT2D eigenvalue weighted by Gasteiger charge is -2.41. The SMILES string of the molecule is COc1cc(NN2C(C(O)c3cc(OC)c(OC)c(OC)c3)C=CC3C(=O)N(C)C(=O)C32)cc(OC)c1OC. The quantitative estimate of drug-likeness (QED) is 0.337. The third-order valence-corrected chi connectivity index (χ3v) is 6.95. The van der Waals surface area contributed by atoms with Gasteiger partial charge in [-0.05, 0) is 17.7 Å². The van der Waals surface area contributed by atoms with Crippen molar-refractivity contribution in [2.75, 3.05) is 55.1 Å². The number of imide groups is 1. The number of fused-ring (bicyclic) bond motifs is 1. The first-order valence-electron chi connectivity index (χ1n) is 12.1. The molecule has 12 nitrogen and oxygen atoms in total. The van der Waals surface area contributed by atoms with Crippen molar-refractivity contribution in [3.05, 3.63) is 42.0 Å². The Morgan fingerprint density at radius 1 is 0.744 bits per heavy atom. The second-order valence-corrected chi connectivity index (χ2v) is 8.92. The lowest BCUT2D eigenvalue weighted by atomic mass is 9.90. The third kappa shape index (κ3) is 4.77. The summed E-state index contributed by atoms with van der Waals surface area (Å²) >= 11 is 0. The van der Waals surface area contributed by atoms with Gasteiger partial charge < -0.3 is 39.0 Å². The average Bonchev–Trinajstić information content (AvgIpc) is 3.19. The highest BCUT2D eigenvalue weighted by Gasteiger charge is 2.52. The molecule has 2 aromatic rings. The maximum atomic E-state index is 13.3. The van der Waals surface area contributed by atoms with Crippen molar-refractivity contribution < 1.29 is 43.1 Å². The lowest BCUT2D eigenvalue weighted by Crippen LogP contribution is -2.55.